The van der Waals surface area contributed by atoms with Crippen molar-refractivity contribution in [2.45, 2.75) is 13.1 Å². The maximum atomic E-state index is 10.7. The molecule has 0 radical (unpaired) electrons. The summed E-state index contributed by atoms with van der Waals surface area (Å²) >= 11 is 6.31. The van der Waals surface area contributed by atoms with Crippen molar-refractivity contribution in [1.82, 2.24) is 14.8 Å². The molecule has 0 amide bonds. The summed E-state index contributed by atoms with van der Waals surface area (Å²) < 4.78 is 2.00. The molecule has 2 aromatic rings. The topological polar surface area (TPSA) is 71.2 Å². The highest BCUT2D eigenvalue weighted by atomic mass is 35.5. The van der Waals surface area contributed by atoms with Crippen LogP contribution < -0.4 is 4.90 Å². The van der Waals surface area contributed by atoms with E-state index in [-0.39, 0.29) is 0 Å². The number of hydrogen-bond acceptors (Lipinski definition) is 4. The van der Waals surface area contributed by atoms with Crippen LogP contribution in [0.5, 0.6) is 0 Å². The minimum Gasteiger partial charge on any atom is -0.478 e. The molecule has 0 atom stereocenters. The third-order valence-corrected chi connectivity index (χ3v) is 3.68. The van der Waals surface area contributed by atoms with Crippen molar-refractivity contribution in [3.8, 4) is 0 Å². The monoisotopic (exact) mass is 304 g/mol. The minimum absolute atomic E-state index is 0.593. The molecule has 0 bridgehead atoms. The lowest BCUT2D eigenvalue weighted by Gasteiger charge is -2.31. The molecule has 0 spiro atoms. The molecule has 0 saturated heterocycles. The van der Waals surface area contributed by atoms with Gasteiger partial charge in [-0.1, -0.05) is 23.7 Å². The lowest BCUT2D eigenvalue weighted by molar-refractivity contribution is -0.131. The van der Waals surface area contributed by atoms with Gasteiger partial charge in [0.25, 0.3) is 0 Å². The molecule has 1 aliphatic heterocycles. The van der Waals surface area contributed by atoms with Gasteiger partial charge in [0, 0.05) is 19.2 Å². The van der Waals surface area contributed by atoms with Crippen LogP contribution in [0.15, 0.2) is 30.6 Å². The van der Waals surface area contributed by atoms with E-state index in [0.717, 1.165) is 36.2 Å². The van der Waals surface area contributed by atoms with Crippen molar-refractivity contribution in [2.24, 2.45) is 0 Å². The van der Waals surface area contributed by atoms with E-state index in [4.69, 9.17) is 16.7 Å². The predicted octanol–water partition coefficient (Wildman–Crippen LogP) is 2.05. The Hall–Kier alpha value is -2.34. The first kappa shape index (κ1) is 13.6. The van der Waals surface area contributed by atoms with E-state index in [1.165, 1.54) is 0 Å². The molecule has 108 valence electrons. The number of nitrogens with zero attached hydrogens (tertiary/aromatic N) is 4. The second-order valence-electron chi connectivity index (χ2n) is 4.71. The highest BCUT2D eigenvalue weighted by Gasteiger charge is 2.21. The lowest BCUT2D eigenvalue weighted by atomic mass is 10.1. The first-order valence-electron chi connectivity index (χ1n) is 6.46. The van der Waals surface area contributed by atoms with Gasteiger partial charge in [-0.3, -0.25) is 0 Å². The van der Waals surface area contributed by atoms with E-state index in [2.05, 4.69) is 15.1 Å². The molecular formula is C14H13ClN4O2. The van der Waals surface area contributed by atoms with Crippen molar-refractivity contribution in [1.29, 1.82) is 0 Å². The Morgan fingerprint density at radius 3 is 3.05 bits per heavy atom. The van der Waals surface area contributed by atoms with Crippen molar-refractivity contribution in [3.05, 3.63) is 47.0 Å². The summed E-state index contributed by atoms with van der Waals surface area (Å²) in [5.41, 5.74) is 1.60. The molecule has 2 heterocycles. The molecule has 1 N–H and O–H groups in total. The summed E-state index contributed by atoms with van der Waals surface area (Å²) in [4.78, 5) is 12.8. The number of hydrogen-bond donors (Lipinski definition) is 1. The van der Waals surface area contributed by atoms with Gasteiger partial charge < -0.3 is 14.6 Å². The number of carboxylic acid groups (broad SMARTS) is 1. The molecule has 0 unspecified atom stereocenters. The van der Waals surface area contributed by atoms with Gasteiger partial charge in [-0.25, -0.2) is 4.79 Å². The lowest BCUT2D eigenvalue weighted by Crippen LogP contribution is -2.34. The fourth-order valence-electron chi connectivity index (χ4n) is 2.42. The quantitative estimate of drug-likeness (QED) is 0.879. The number of halogens is 1. The second-order valence-corrected chi connectivity index (χ2v) is 5.12. The van der Waals surface area contributed by atoms with Crippen LogP contribution in [-0.4, -0.2) is 32.4 Å². The summed E-state index contributed by atoms with van der Waals surface area (Å²) in [5.74, 6) is -0.117. The standard InChI is InChI=1S/C14H13ClN4O2/c15-11-3-1-2-10(4-5-13(20)21)14(11)18-6-7-19-9-16-17-12(19)8-18/h1-5,9H,6-8H2,(H,20,21)/b5-4+. The van der Waals surface area contributed by atoms with Crippen LogP contribution in [-0.2, 0) is 17.9 Å². The van der Waals surface area contributed by atoms with Gasteiger partial charge >= 0.3 is 5.97 Å². The first-order valence-corrected chi connectivity index (χ1v) is 6.84. The molecule has 1 aromatic carbocycles. The average Bonchev–Trinajstić information content (AvgIpc) is 2.92. The van der Waals surface area contributed by atoms with Gasteiger partial charge in [-0.2, -0.15) is 0 Å². The maximum Gasteiger partial charge on any atom is 0.328 e. The number of aromatic nitrogens is 3. The number of rotatable bonds is 3. The van der Waals surface area contributed by atoms with Crippen LogP contribution in [0.25, 0.3) is 6.08 Å². The Morgan fingerprint density at radius 2 is 2.24 bits per heavy atom. The number of carbonyl (C=O) groups is 1. The molecule has 0 aliphatic carbocycles. The molecule has 1 aromatic heterocycles. The zero-order chi connectivity index (χ0) is 14.8. The Morgan fingerprint density at radius 1 is 1.38 bits per heavy atom. The van der Waals surface area contributed by atoms with Gasteiger partial charge in [-0.15, -0.1) is 10.2 Å². The SMILES string of the molecule is O=C(O)/C=C/c1cccc(Cl)c1N1CCn2cnnc2C1. The summed E-state index contributed by atoms with van der Waals surface area (Å²) in [5, 5.41) is 17.4. The number of carboxylic acids is 1. The van der Waals surface area contributed by atoms with E-state index in [0.29, 0.717) is 11.6 Å². The van der Waals surface area contributed by atoms with Gasteiger partial charge in [0.15, 0.2) is 5.82 Å². The molecule has 7 heteroatoms. The molecular weight excluding hydrogens is 292 g/mol. The Kier molecular flexibility index (Phi) is 3.62. The number of benzene rings is 1. The molecule has 3 rings (SSSR count). The van der Waals surface area contributed by atoms with Crippen LogP contribution >= 0.6 is 11.6 Å². The predicted molar refractivity (Wildman–Crippen MR) is 79.2 cm³/mol. The summed E-state index contributed by atoms with van der Waals surface area (Å²) in [6.07, 6.45) is 4.38. The van der Waals surface area contributed by atoms with Crippen LogP contribution in [0.4, 0.5) is 5.69 Å². The van der Waals surface area contributed by atoms with E-state index in [9.17, 15) is 4.79 Å². The smallest absolute Gasteiger partial charge is 0.328 e. The fraction of sp³-hybridized carbons (Fsp3) is 0.214. The van der Waals surface area contributed by atoms with E-state index < -0.39 is 5.97 Å². The van der Waals surface area contributed by atoms with Crippen molar-refractivity contribution >= 4 is 29.3 Å². The van der Waals surface area contributed by atoms with Gasteiger partial charge in [-0.05, 0) is 17.7 Å². The van der Waals surface area contributed by atoms with Gasteiger partial charge in [0.1, 0.15) is 6.33 Å². The molecule has 0 fully saturated rings. The summed E-state index contributed by atoms with van der Waals surface area (Å²) in [6.45, 7) is 2.13. The van der Waals surface area contributed by atoms with E-state index in [1.807, 2.05) is 10.6 Å². The molecule has 21 heavy (non-hydrogen) atoms. The van der Waals surface area contributed by atoms with Crippen LogP contribution in [0.1, 0.15) is 11.4 Å². The zero-order valence-corrected chi connectivity index (χ0v) is 11.9. The average molecular weight is 305 g/mol. The molecule has 0 saturated carbocycles. The third-order valence-electron chi connectivity index (χ3n) is 3.38. The number of anilines is 1. The summed E-state index contributed by atoms with van der Waals surface area (Å²) in [7, 11) is 0. The van der Waals surface area contributed by atoms with Gasteiger partial charge in [0.2, 0.25) is 0 Å². The highest BCUT2D eigenvalue weighted by Crippen LogP contribution is 2.32. The third kappa shape index (κ3) is 2.75. The van der Waals surface area contributed by atoms with E-state index >= 15 is 0 Å². The zero-order valence-electron chi connectivity index (χ0n) is 11.1. The van der Waals surface area contributed by atoms with Crippen molar-refractivity contribution in [3.63, 3.8) is 0 Å². The minimum atomic E-state index is -0.987. The van der Waals surface area contributed by atoms with Crippen LogP contribution in [0.3, 0.4) is 0 Å². The molecule has 6 nitrogen and oxygen atoms in total. The largest absolute Gasteiger partial charge is 0.478 e. The Bertz CT molecular complexity index is 711. The Labute approximate surface area is 126 Å². The second kappa shape index (κ2) is 5.57. The van der Waals surface area contributed by atoms with Crippen molar-refractivity contribution in [2.75, 3.05) is 11.4 Å². The van der Waals surface area contributed by atoms with Crippen LogP contribution in [0.2, 0.25) is 5.02 Å². The summed E-state index contributed by atoms with van der Waals surface area (Å²) in [6, 6.07) is 5.45. The first-order chi connectivity index (χ1) is 10.1. The van der Waals surface area contributed by atoms with Gasteiger partial charge in [0.05, 0.1) is 17.3 Å². The maximum absolute atomic E-state index is 10.7. The molecule has 1 aliphatic rings. The highest BCUT2D eigenvalue weighted by molar-refractivity contribution is 6.33. The fourth-order valence-corrected chi connectivity index (χ4v) is 2.72. The van der Waals surface area contributed by atoms with E-state index in [1.54, 1.807) is 24.5 Å². The Balaban J connectivity index is 1.97. The number of para-hydroxylation sites is 1. The van der Waals surface area contributed by atoms with Crippen molar-refractivity contribution < 1.29 is 9.90 Å². The number of aliphatic carboxylic acids is 1. The normalized spacial score (nSPS) is 14.4. The number of fused-ring (bicyclic) bond motifs is 1. The van der Waals surface area contributed by atoms with Crippen LogP contribution in [0, 0.1) is 0 Å².